The summed E-state index contributed by atoms with van der Waals surface area (Å²) in [6.45, 7) is 3.87. The molecule has 7 nitrogen and oxygen atoms in total. The Kier molecular flexibility index (Phi) is 5.86. The number of hydrogen-bond donors (Lipinski definition) is 2. The molecule has 2 bridgehead atoms. The third kappa shape index (κ3) is 3.75. The Balaban J connectivity index is 1.26. The number of amides is 2. The molecule has 1 aliphatic carbocycles. The minimum absolute atomic E-state index is 0.0718. The maximum absolute atomic E-state index is 13.3. The number of hydrogen-bond acceptors (Lipinski definition) is 4. The fraction of sp³-hybridized carbons (Fsp3) is 0.370. The van der Waals surface area contributed by atoms with Crippen molar-refractivity contribution < 1.29 is 24.2 Å². The molecule has 0 radical (unpaired) electrons. The van der Waals surface area contributed by atoms with Gasteiger partial charge in [0.1, 0.15) is 12.6 Å². The van der Waals surface area contributed by atoms with E-state index in [0.29, 0.717) is 12.8 Å². The van der Waals surface area contributed by atoms with Crippen LogP contribution in [0.1, 0.15) is 42.7 Å². The molecule has 2 saturated heterocycles. The summed E-state index contributed by atoms with van der Waals surface area (Å²) in [5, 5.41) is 12.2. The van der Waals surface area contributed by atoms with E-state index in [1.165, 1.54) is 0 Å². The number of carbonyl (C=O) groups excluding carboxylic acids is 2. The van der Waals surface area contributed by atoms with E-state index >= 15 is 0 Å². The standard InChI is InChI=1S/C27H28N2O5/c1-2-7-23(25(30)29-16-12-13-24(29)21(14-16)26(31)32)28-27(33)34-15-22-19-10-5-3-8-17(19)18-9-4-6-11-20(18)22/h2-6,8-11,16,21-24H,1,7,12-15H2,(H,28,33)(H,31,32). The quantitative estimate of drug-likeness (QED) is 0.611. The Morgan fingerprint density at radius 3 is 2.32 bits per heavy atom. The molecule has 2 fully saturated rings. The average Bonchev–Trinajstić information content (AvgIpc) is 3.52. The van der Waals surface area contributed by atoms with Crippen LogP contribution in [-0.2, 0) is 14.3 Å². The van der Waals surface area contributed by atoms with Gasteiger partial charge in [-0.25, -0.2) is 4.79 Å². The zero-order valence-corrected chi connectivity index (χ0v) is 18.9. The monoisotopic (exact) mass is 460 g/mol. The molecule has 34 heavy (non-hydrogen) atoms. The van der Waals surface area contributed by atoms with Gasteiger partial charge in [0.25, 0.3) is 0 Å². The van der Waals surface area contributed by atoms with Crippen LogP contribution in [0.2, 0.25) is 0 Å². The molecule has 2 N–H and O–H groups in total. The van der Waals surface area contributed by atoms with Gasteiger partial charge in [-0.3, -0.25) is 9.59 Å². The van der Waals surface area contributed by atoms with Gasteiger partial charge in [-0.15, -0.1) is 6.58 Å². The van der Waals surface area contributed by atoms with Gasteiger partial charge in [0, 0.05) is 18.0 Å². The number of benzene rings is 2. The van der Waals surface area contributed by atoms with Crippen molar-refractivity contribution in [2.75, 3.05) is 6.61 Å². The van der Waals surface area contributed by atoms with E-state index in [9.17, 15) is 19.5 Å². The summed E-state index contributed by atoms with van der Waals surface area (Å²) in [6.07, 6.45) is 3.11. The molecule has 2 aromatic carbocycles. The van der Waals surface area contributed by atoms with Crippen LogP contribution >= 0.6 is 0 Å². The van der Waals surface area contributed by atoms with Crippen molar-refractivity contribution in [1.82, 2.24) is 10.2 Å². The van der Waals surface area contributed by atoms with E-state index in [2.05, 4.69) is 24.0 Å². The highest BCUT2D eigenvalue weighted by Crippen LogP contribution is 2.45. The molecule has 0 spiro atoms. The second-order valence-corrected chi connectivity index (χ2v) is 9.27. The maximum Gasteiger partial charge on any atom is 0.407 e. The lowest BCUT2D eigenvalue weighted by Crippen LogP contribution is -2.50. The van der Waals surface area contributed by atoms with Crippen LogP contribution in [0.3, 0.4) is 0 Å². The molecular weight excluding hydrogens is 432 g/mol. The minimum Gasteiger partial charge on any atom is -0.481 e. The third-order valence-electron chi connectivity index (χ3n) is 7.44. The van der Waals surface area contributed by atoms with Crippen molar-refractivity contribution >= 4 is 18.0 Å². The van der Waals surface area contributed by atoms with Crippen molar-refractivity contribution in [1.29, 1.82) is 0 Å². The largest absolute Gasteiger partial charge is 0.481 e. The maximum atomic E-state index is 13.3. The molecule has 2 aromatic rings. The van der Waals surface area contributed by atoms with Gasteiger partial charge in [-0.2, -0.15) is 0 Å². The second kappa shape index (κ2) is 8.97. The molecule has 3 aliphatic rings. The first-order valence-electron chi connectivity index (χ1n) is 11.8. The van der Waals surface area contributed by atoms with E-state index in [4.69, 9.17) is 4.74 Å². The van der Waals surface area contributed by atoms with Crippen LogP contribution in [0.25, 0.3) is 11.1 Å². The SMILES string of the molecule is C=CCC(NC(=O)OCC1c2ccccc2-c2ccccc21)C(=O)N1C2CCC1C(C(=O)O)C2. The van der Waals surface area contributed by atoms with E-state index in [0.717, 1.165) is 28.7 Å². The summed E-state index contributed by atoms with van der Waals surface area (Å²) in [5.74, 6) is -1.74. The van der Waals surface area contributed by atoms with Crippen molar-refractivity contribution in [2.45, 2.75) is 49.7 Å². The van der Waals surface area contributed by atoms with Crippen molar-refractivity contribution in [3.8, 4) is 11.1 Å². The molecular formula is C27H28N2O5. The highest BCUT2D eigenvalue weighted by atomic mass is 16.5. The molecule has 176 valence electrons. The lowest BCUT2D eigenvalue weighted by Gasteiger charge is -2.28. The summed E-state index contributed by atoms with van der Waals surface area (Å²) < 4.78 is 5.61. The van der Waals surface area contributed by atoms with Gasteiger partial charge in [-0.1, -0.05) is 54.6 Å². The van der Waals surface area contributed by atoms with Crippen molar-refractivity contribution in [2.24, 2.45) is 5.92 Å². The smallest absolute Gasteiger partial charge is 0.407 e. The number of alkyl carbamates (subject to hydrolysis) is 1. The molecule has 0 aromatic heterocycles. The molecule has 4 atom stereocenters. The van der Waals surface area contributed by atoms with Gasteiger partial charge < -0.3 is 20.1 Å². The van der Waals surface area contributed by atoms with Gasteiger partial charge >= 0.3 is 12.1 Å². The van der Waals surface area contributed by atoms with Gasteiger partial charge in [0.2, 0.25) is 5.91 Å². The van der Waals surface area contributed by atoms with Crippen LogP contribution in [0.4, 0.5) is 4.79 Å². The number of nitrogens with one attached hydrogen (secondary N) is 1. The zero-order valence-electron chi connectivity index (χ0n) is 18.9. The first kappa shape index (κ1) is 22.2. The summed E-state index contributed by atoms with van der Waals surface area (Å²) in [4.78, 5) is 39.3. The van der Waals surface area contributed by atoms with E-state index in [-0.39, 0.29) is 36.9 Å². The summed E-state index contributed by atoms with van der Waals surface area (Å²) in [5.41, 5.74) is 4.51. The lowest BCUT2D eigenvalue weighted by atomic mass is 9.89. The molecule has 2 aliphatic heterocycles. The summed E-state index contributed by atoms with van der Waals surface area (Å²) in [6, 6.07) is 15.0. The number of fused-ring (bicyclic) bond motifs is 5. The molecule has 5 rings (SSSR count). The van der Waals surface area contributed by atoms with Crippen LogP contribution in [0, 0.1) is 5.92 Å². The average molecular weight is 461 g/mol. The Morgan fingerprint density at radius 2 is 1.74 bits per heavy atom. The van der Waals surface area contributed by atoms with Crippen molar-refractivity contribution in [3.63, 3.8) is 0 Å². The normalized spacial score (nSPS) is 23.2. The molecule has 7 heteroatoms. The predicted molar refractivity (Wildman–Crippen MR) is 126 cm³/mol. The Morgan fingerprint density at radius 1 is 1.09 bits per heavy atom. The van der Waals surface area contributed by atoms with Crippen LogP contribution in [-0.4, -0.2) is 52.7 Å². The van der Waals surface area contributed by atoms with E-state index in [1.54, 1.807) is 11.0 Å². The number of carboxylic acids is 1. The number of carboxylic acid groups (broad SMARTS) is 1. The second-order valence-electron chi connectivity index (χ2n) is 9.27. The number of nitrogens with zero attached hydrogens (tertiary/aromatic N) is 1. The number of rotatable bonds is 7. The van der Waals surface area contributed by atoms with Gasteiger partial charge in [0.05, 0.1) is 5.92 Å². The van der Waals surface area contributed by atoms with Crippen LogP contribution in [0.5, 0.6) is 0 Å². The lowest BCUT2D eigenvalue weighted by molar-refractivity contribution is -0.143. The zero-order chi connectivity index (χ0) is 23.8. The fourth-order valence-corrected chi connectivity index (χ4v) is 5.95. The Labute approximate surface area is 198 Å². The fourth-order valence-electron chi connectivity index (χ4n) is 5.95. The topological polar surface area (TPSA) is 95.9 Å². The Hall–Kier alpha value is -3.61. The minimum atomic E-state index is -0.866. The number of ether oxygens (including phenoxy) is 1. The third-order valence-corrected chi connectivity index (χ3v) is 7.44. The first-order valence-corrected chi connectivity index (χ1v) is 11.8. The van der Waals surface area contributed by atoms with E-state index < -0.39 is 24.0 Å². The van der Waals surface area contributed by atoms with Gasteiger partial charge in [0.15, 0.2) is 0 Å². The molecule has 2 heterocycles. The van der Waals surface area contributed by atoms with E-state index in [1.807, 2.05) is 36.4 Å². The number of carbonyl (C=O) groups is 3. The highest BCUT2D eigenvalue weighted by molar-refractivity contribution is 5.88. The number of aliphatic carboxylic acids is 1. The van der Waals surface area contributed by atoms with Crippen molar-refractivity contribution in [3.05, 3.63) is 72.3 Å². The first-order chi connectivity index (χ1) is 16.5. The Bertz CT molecular complexity index is 1100. The predicted octanol–water partition coefficient (Wildman–Crippen LogP) is 3.93. The molecule has 0 saturated carbocycles. The van der Waals surface area contributed by atoms with Crippen LogP contribution < -0.4 is 5.32 Å². The summed E-state index contributed by atoms with van der Waals surface area (Å²) in [7, 11) is 0. The van der Waals surface area contributed by atoms with Gasteiger partial charge in [-0.05, 0) is 47.9 Å². The molecule has 2 amide bonds. The molecule has 4 unspecified atom stereocenters. The highest BCUT2D eigenvalue weighted by Gasteiger charge is 2.52. The summed E-state index contributed by atoms with van der Waals surface area (Å²) >= 11 is 0. The van der Waals surface area contributed by atoms with Crippen LogP contribution in [0.15, 0.2) is 61.2 Å².